The molecule has 0 atom stereocenters. The van der Waals surface area contributed by atoms with Crippen LogP contribution in [0.4, 0.5) is 0 Å². The van der Waals surface area contributed by atoms with E-state index in [1.54, 1.807) is 14.2 Å². The number of ether oxygens (including phenoxy) is 2. The monoisotopic (exact) mass is 328 g/mol. The Kier molecular flexibility index (Phi) is 5.48. The van der Waals surface area contributed by atoms with Crippen LogP contribution in [0.1, 0.15) is 5.56 Å². The van der Waals surface area contributed by atoms with Crippen LogP contribution in [-0.2, 0) is 6.42 Å². The fourth-order valence-electron chi connectivity index (χ4n) is 2.30. The first-order valence-corrected chi connectivity index (χ1v) is 7.37. The predicted octanol–water partition coefficient (Wildman–Crippen LogP) is 1.91. The molecule has 0 unspecified atom stereocenters. The van der Waals surface area contributed by atoms with Crippen LogP contribution in [0.2, 0.25) is 0 Å². The Morgan fingerprint density at radius 3 is 2.42 bits per heavy atom. The standard InChI is InChI=1S/C14H21BrN2O2/c1-18-13-9-11(12(15)10-14(13)19-2)3-6-17-7-4-16-5-8-17/h9-10,16H,3-8H2,1-2H3. The lowest BCUT2D eigenvalue weighted by Crippen LogP contribution is -2.44. The van der Waals surface area contributed by atoms with E-state index in [0.717, 1.165) is 55.1 Å². The Labute approximate surface area is 123 Å². The summed E-state index contributed by atoms with van der Waals surface area (Å²) in [6, 6.07) is 4.04. The summed E-state index contributed by atoms with van der Waals surface area (Å²) < 4.78 is 11.7. The van der Waals surface area contributed by atoms with E-state index in [1.165, 1.54) is 5.56 Å². The molecule has 0 spiro atoms. The van der Waals surface area contributed by atoms with Crippen molar-refractivity contribution in [1.29, 1.82) is 0 Å². The topological polar surface area (TPSA) is 33.7 Å². The highest BCUT2D eigenvalue weighted by atomic mass is 79.9. The third-order valence-electron chi connectivity index (χ3n) is 3.46. The minimum atomic E-state index is 0.764. The highest BCUT2D eigenvalue weighted by Crippen LogP contribution is 2.33. The average molecular weight is 329 g/mol. The fourth-order valence-corrected chi connectivity index (χ4v) is 2.82. The van der Waals surface area contributed by atoms with Crippen molar-refractivity contribution in [3.05, 3.63) is 22.2 Å². The van der Waals surface area contributed by atoms with Crippen molar-refractivity contribution in [2.45, 2.75) is 6.42 Å². The molecule has 1 heterocycles. The summed E-state index contributed by atoms with van der Waals surface area (Å²) in [5, 5.41) is 3.37. The van der Waals surface area contributed by atoms with Crippen molar-refractivity contribution in [2.75, 3.05) is 46.9 Å². The number of rotatable bonds is 5. The summed E-state index contributed by atoms with van der Waals surface area (Å²) in [5.41, 5.74) is 1.26. The van der Waals surface area contributed by atoms with E-state index < -0.39 is 0 Å². The second-order valence-electron chi connectivity index (χ2n) is 4.64. The van der Waals surface area contributed by atoms with Gasteiger partial charge in [0.05, 0.1) is 14.2 Å². The van der Waals surface area contributed by atoms with Gasteiger partial charge in [-0.1, -0.05) is 15.9 Å². The van der Waals surface area contributed by atoms with Gasteiger partial charge in [-0.05, 0) is 24.1 Å². The second kappa shape index (κ2) is 7.12. The van der Waals surface area contributed by atoms with Gasteiger partial charge in [0.15, 0.2) is 11.5 Å². The largest absolute Gasteiger partial charge is 0.493 e. The molecule has 106 valence electrons. The zero-order chi connectivity index (χ0) is 13.7. The lowest BCUT2D eigenvalue weighted by Gasteiger charge is -2.27. The number of nitrogens with zero attached hydrogens (tertiary/aromatic N) is 1. The first-order chi connectivity index (χ1) is 9.24. The summed E-state index contributed by atoms with van der Waals surface area (Å²) >= 11 is 3.61. The summed E-state index contributed by atoms with van der Waals surface area (Å²) in [6.07, 6.45) is 1.01. The van der Waals surface area contributed by atoms with Gasteiger partial charge in [-0.25, -0.2) is 0 Å². The van der Waals surface area contributed by atoms with E-state index in [1.807, 2.05) is 6.07 Å². The van der Waals surface area contributed by atoms with Gasteiger partial charge in [0.1, 0.15) is 0 Å². The molecule has 1 aliphatic rings. The average Bonchev–Trinajstić information content (AvgIpc) is 2.46. The normalized spacial score (nSPS) is 16.4. The highest BCUT2D eigenvalue weighted by Gasteiger charge is 2.13. The molecule has 1 aliphatic heterocycles. The van der Waals surface area contributed by atoms with Gasteiger partial charge in [-0.15, -0.1) is 0 Å². The van der Waals surface area contributed by atoms with Crippen molar-refractivity contribution in [3.8, 4) is 11.5 Å². The molecular formula is C14H21BrN2O2. The Morgan fingerprint density at radius 1 is 1.16 bits per heavy atom. The number of hydrogen-bond acceptors (Lipinski definition) is 4. The summed E-state index contributed by atoms with van der Waals surface area (Å²) in [6.45, 7) is 5.52. The quantitative estimate of drug-likeness (QED) is 0.895. The highest BCUT2D eigenvalue weighted by molar-refractivity contribution is 9.10. The van der Waals surface area contributed by atoms with E-state index >= 15 is 0 Å². The van der Waals surface area contributed by atoms with Gasteiger partial charge < -0.3 is 19.7 Å². The van der Waals surface area contributed by atoms with Crippen LogP contribution in [0.5, 0.6) is 11.5 Å². The summed E-state index contributed by atoms with van der Waals surface area (Å²) in [4.78, 5) is 2.49. The van der Waals surface area contributed by atoms with Crippen molar-refractivity contribution in [1.82, 2.24) is 10.2 Å². The third-order valence-corrected chi connectivity index (χ3v) is 4.20. The lowest BCUT2D eigenvalue weighted by molar-refractivity contribution is 0.243. The van der Waals surface area contributed by atoms with Crippen molar-refractivity contribution >= 4 is 15.9 Å². The smallest absolute Gasteiger partial charge is 0.161 e. The van der Waals surface area contributed by atoms with Crippen molar-refractivity contribution in [3.63, 3.8) is 0 Å². The van der Waals surface area contributed by atoms with Crippen LogP contribution < -0.4 is 14.8 Å². The van der Waals surface area contributed by atoms with Crippen LogP contribution in [0.3, 0.4) is 0 Å². The molecule has 0 aliphatic carbocycles. The van der Waals surface area contributed by atoms with E-state index in [0.29, 0.717) is 0 Å². The van der Waals surface area contributed by atoms with Crippen molar-refractivity contribution in [2.24, 2.45) is 0 Å². The minimum Gasteiger partial charge on any atom is -0.493 e. The summed E-state index contributed by atoms with van der Waals surface area (Å²) in [7, 11) is 3.33. The molecule has 5 heteroatoms. The van der Waals surface area contributed by atoms with Gasteiger partial charge >= 0.3 is 0 Å². The molecule has 1 saturated heterocycles. The third kappa shape index (κ3) is 3.84. The van der Waals surface area contributed by atoms with Crippen molar-refractivity contribution < 1.29 is 9.47 Å². The molecule has 0 bridgehead atoms. The lowest BCUT2D eigenvalue weighted by atomic mass is 10.1. The van der Waals surface area contributed by atoms with E-state index in [2.05, 4.69) is 32.2 Å². The Hall–Kier alpha value is -0.780. The molecule has 0 radical (unpaired) electrons. The SMILES string of the molecule is COc1cc(Br)c(CCN2CCNCC2)cc1OC. The second-order valence-corrected chi connectivity index (χ2v) is 5.49. The van der Waals surface area contributed by atoms with E-state index in [9.17, 15) is 0 Å². The van der Waals surface area contributed by atoms with E-state index in [4.69, 9.17) is 9.47 Å². The van der Waals surface area contributed by atoms with Gasteiger partial charge in [0.2, 0.25) is 0 Å². The molecule has 0 amide bonds. The molecule has 1 N–H and O–H groups in total. The number of piperazine rings is 1. The molecule has 1 aromatic rings. The first-order valence-electron chi connectivity index (χ1n) is 6.58. The molecule has 19 heavy (non-hydrogen) atoms. The van der Waals surface area contributed by atoms with Gasteiger partial charge in [0.25, 0.3) is 0 Å². The molecular weight excluding hydrogens is 308 g/mol. The van der Waals surface area contributed by atoms with Gasteiger partial charge in [0, 0.05) is 37.2 Å². The van der Waals surface area contributed by atoms with Crippen LogP contribution in [0, 0.1) is 0 Å². The molecule has 4 nitrogen and oxygen atoms in total. The molecule has 2 rings (SSSR count). The maximum Gasteiger partial charge on any atom is 0.161 e. The number of hydrogen-bond donors (Lipinski definition) is 1. The first kappa shape index (κ1) is 14.6. The minimum absolute atomic E-state index is 0.764. The summed E-state index contributed by atoms with van der Waals surface area (Å²) in [5.74, 6) is 1.56. The van der Waals surface area contributed by atoms with Crippen LogP contribution >= 0.6 is 15.9 Å². The number of halogens is 1. The van der Waals surface area contributed by atoms with Crippen LogP contribution in [-0.4, -0.2) is 51.8 Å². The van der Waals surface area contributed by atoms with E-state index in [-0.39, 0.29) is 0 Å². The van der Waals surface area contributed by atoms with Crippen LogP contribution in [0.25, 0.3) is 0 Å². The van der Waals surface area contributed by atoms with Gasteiger partial charge in [-0.2, -0.15) is 0 Å². The number of benzene rings is 1. The Bertz CT molecular complexity index is 420. The Balaban J connectivity index is 2.02. The Morgan fingerprint density at radius 2 is 1.79 bits per heavy atom. The number of nitrogens with one attached hydrogen (secondary N) is 1. The maximum absolute atomic E-state index is 5.35. The molecule has 1 fully saturated rings. The molecule has 1 aromatic carbocycles. The van der Waals surface area contributed by atoms with Crippen LogP contribution in [0.15, 0.2) is 16.6 Å². The predicted molar refractivity (Wildman–Crippen MR) is 80.3 cm³/mol. The molecule has 0 aromatic heterocycles. The zero-order valence-electron chi connectivity index (χ0n) is 11.5. The molecule has 0 saturated carbocycles. The maximum atomic E-state index is 5.35. The fraction of sp³-hybridized carbons (Fsp3) is 0.571. The van der Waals surface area contributed by atoms with Gasteiger partial charge in [-0.3, -0.25) is 0 Å². The number of methoxy groups -OCH3 is 2. The zero-order valence-corrected chi connectivity index (χ0v) is 13.1.